The highest BCUT2D eigenvalue weighted by molar-refractivity contribution is 6.30. The number of benzene rings is 1. The minimum absolute atomic E-state index is 0.101. The SMILES string of the molecule is CN=C(NCc1cc(Cl)ccc1OC(F)F)NC1CCN(CCOC(C)C)CC1. The molecular weight excluding hydrogens is 402 g/mol. The van der Waals surface area contributed by atoms with Crippen LogP contribution in [0.2, 0.25) is 5.02 Å². The van der Waals surface area contributed by atoms with Crippen molar-refractivity contribution >= 4 is 17.6 Å². The average molecular weight is 433 g/mol. The van der Waals surface area contributed by atoms with Crippen molar-refractivity contribution in [3.05, 3.63) is 28.8 Å². The lowest BCUT2D eigenvalue weighted by atomic mass is 10.1. The number of likely N-dealkylation sites (tertiary alicyclic amines) is 1. The van der Waals surface area contributed by atoms with E-state index in [9.17, 15) is 8.78 Å². The smallest absolute Gasteiger partial charge is 0.387 e. The molecule has 1 heterocycles. The van der Waals surface area contributed by atoms with Crippen LogP contribution in [0, 0.1) is 0 Å². The van der Waals surface area contributed by atoms with Gasteiger partial charge in [0.1, 0.15) is 5.75 Å². The second-order valence-corrected chi connectivity index (χ2v) is 7.67. The van der Waals surface area contributed by atoms with E-state index in [-0.39, 0.29) is 18.4 Å². The highest BCUT2D eigenvalue weighted by atomic mass is 35.5. The molecule has 1 aromatic rings. The van der Waals surface area contributed by atoms with E-state index >= 15 is 0 Å². The van der Waals surface area contributed by atoms with Crippen LogP contribution in [0.15, 0.2) is 23.2 Å². The summed E-state index contributed by atoms with van der Waals surface area (Å²) < 4.78 is 35.4. The van der Waals surface area contributed by atoms with E-state index < -0.39 is 6.61 Å². The van der Waals surface area contributed by atoms with Crippen molar-refractivity contribution in [2.45, 2.75) is 52.0 Å². The Bertz CT molecular complexity index is 653. The maximum Gasteiger partial charge on any atom is 0.387 e. The van der Waals surface area contributed by atoms with E-state index in [2.05, 4.69) is 25.3 Å². The first-order chi connectivity index (χ1) is 13.9. The summed E-state index contributed by atoms with van der Waals surface area (Å²) in [5.74, 6) is 0.721. The van der Waals surface area contributed by atoms with Crippen LogP contribution in [0.4, 0.5) is 8.78 Å². The van der Waals surface area contributed by atoms with Crippen LogP contribution >= 0.6 is 11.6 Å². The molecule has 6 nitrogen and oxygen atoms in total. The van der Waals surface area contributed by atoms with Crippen molar-refractivity contribution in [1.82, 2.24) is 15.5 Å². The third-order valence-corrected chi connectivity index (χ3v) is 4.93. The van der Waals surface area contributed by atoms with Crippen LogP contribution < -0.4 is 15.4 Å². The molecule has 0 saturated carbocycles. The molecule has 0 atom stereocenters. The standard InChI is InChI=1S/C20H31ClF2N4O2/c1-14(2)28-11-10-27-8-6-17(7-9-27)26-20(24-3)25-13-15-12-16(21)4-5-18(15)29-19(22)23/h4-5,12,14,17,19H,6-11,13H2,1-3H3,(H2,24,25,26). The van der Waals surface area contributed by atoms with Gasteiger partial charge in [0.05, 0.1) is 12.7 Å². The molecule has 0 amide bonds. The fraction of sp³-hybridized carbons (Fsp3) is 0.650. The summed E-state index contributed by atoms with van der Waals surface area (Å²) >= 11 is 5.99. The van der Waals surface area contributed by atoms with E-state index in [0.29, 0.717) is 22.6 Å². The zero-order valence-electron chi connectivity index (χ0n) is 17.3. The van der Waals surface area contributed by atoms with Crippen molar-refractivity contribution in [3.8, 4) is 5.75 Å². The molecule has 164 valence electrons. The average Bonchev–Trinajstić information content (AvgIpc) is 2.67. The molecule has 0 radical (unpaired) electrons. The molecule has 2 rings (SSSR count). The Hall–Kier alpha value is -1.64. The number of nitrogens with one attached hydrogen (secondary N) is 2. The van der Waals surface area contributed by atoms with Crippen LogP contribution in [0.25, 0.3) is 0 Å². The van der Waals surface area contributed by atoms with Gasteiger partial charge in [-0.3, -0.25) is 4.99 Å². The van der Waals surface area contributed by atoms with Crippen LogP contribution in [0.5, 0.6) is 5.75 Å². The number of alkyl halides is 2. The normalized spacial score (nSPS) is 16.5. The van der Waals surface area contributed by atoms with Gasteiger partial charge in [0.25, 0.3) is 0 Å². The van der Waals surface area contributed by atoms with Crippen LogP contribution in [0.1, 0.15) is 32.3 Å². The van der Waals surface area contributed by atoms with Gasteiger partial charge < -0.3 is 25.0 Å². The van der Waals surface area contributed by atoms with Crippen molar-refractivity contribution in [3.63, 3.8) is 0 Å². The molecule has 0 spiro atoms. The monoisotopic (exact) mass is 432 g/mol. The third-order valence-electron chi connectivity index (χ3n) is 4.70. The van der Waals surface area contributed by atoms with Crippen molar-refractivity contribution in [2.75, 3.05) is 33.3 Å². The fourth-order valence-electron chi connectivity index (χ4n) is 3.18. The molecule has 2 N–H and O–H groups in total. The molecule has 0 aliphatic carbocycles. The van der Waals surface area contributed by atoms with E-state index in [0.717, 1.165) is 39.1 Å². The van der Waals surface area contributed by atoms with Crippen LogP contribution in [-0.2, 0) is 11.3 Å². The minimum atomic E-state index is -2.89. The molecular formula is C20H31ClF2N4O2. The van der Waals surface area contributed by atoms with Crippen molar-refractivity contribution in [1.29, 1.82) is 0 Å². The number of hydrogen-bond donors (Lipinski definition) is 2. The largest absolute Gasteiger partial charge is 0.434 e. The number of halogens is 3. The Kier molecular flexibility index (Phi) is 9.90. The maximum atomic E-state index is 12.6. The number of ether oxygens (including phenoxy) is 2. The molecule has 1 fully saturated rings. The highest BCUT2D eigenvalue weighted by Gasteiger charge is 2.20. The number of rotatable bonds is 9. The summed E-state index contributed by atoms with van der Waals surface area (Å²) in [6.07, 6.45) is 2.26. The van der Waals surface area contributed by atoms with Gasteiger partial charge in [-0.25, -0.2) is 0 Å². The zero-order valence-corrected chi connectivity index (χ0v) is 18.0. The molecule has 9 heteroatoms. The van der Waals surface area contributed by atoms with Gasteiger partial charge in [-0.15, -0.1) is 0 Å². The van der Waals surface area contributed by atoms with Crippen molar-refractivity contribution in [2.24, 2.45) is 4.99 Å². The summed E-state index contributed by atoms with van der Waals surface area (Å²) in [4.78, 5) is 6.64. The molecule has 1 aliphatic rings. The van der Waals surface area contributed by atoms with Gasteiger partial charge >= 0.3 is 6.61 Å². The fourth-order valence-corrected chi connectivity index (χ4v) is 3.38. The minimum Gasteiger partial charge on any atom is -0.434 e. The number of aliphatic imine (C=N–C) groups is 1. The van der Waals surface area contributed by atoms with Crippen LogP contribution in [0.3, 0.4) is 0 Å². The first-order valence-corrected chi connectivity index (χ1v) is 10.3. The number of guanidine groups is 1. The first-order valence-electron chi connectivity index (χ1n) is 9.91. The predicted octanol–water partition coefficient (Wildman–Crippen LogP) is 3.50. The lowest BCUT2D eigenvalue weighted by molar-refractivity contribution is -0.0504. The van der Waals surface area contributed by atoms with Crippen LogP contribution in [-0.4, -0.2) is 62.9 Å². The Morgan fingerprint density at radius 1 is 1.31 bits per heavy atom. The lowest BCUT2D eigenvalue weighted by Crippen LogP contribution is -2.49. The van der Waals surface area contributed by atoms with Gasteiger partial charge in [0.15, 0.2) is 5.96 Å². The zero-order chi connectivity index (χ0) is 21.2. The Morgan fingerprint density at radius 2 is 2.03 bits per heavy atom. The molecule has 0 bridgehead atoms. The summed E-state index contributed by atoms with van der Waals surface area (Å²) in [7, 11) is 1.68. The van der Waals surface area contributed by atoms with Gasteiger partial charge in [0, 0.05) is 49.9 Å². The summed E-state index contributed by atoms with van der Waals surface area (Å²) in [5, 5.41) is 7.02. The van der Waals surface area contributed by atoms with Gasteiger partial charge in [-0.1, -0.05) is 11.6 Å². The summed E-state index contributed by atoms with van der Waals surface area (Å²) in [6, 6.07) is 4.88. The van der Waals surface area contributed by atoms with Gasteiger partial charge in [-0.05, 0) is 44.9 Å². The lowest BCUT2D eigenvalue weighted by Gasteiger charge is -2.33. The molecule has 1 aromatic carbocycles. The molecule has 1 saturated heterocycles. The third kappa shape index (κ3) is 8.72. The van der Waals surface area contributed by atoms with Crippen molar-refractivity contribution < 1.29 is 18.3 Å². The quantitative estimate of drug-likeness (QED) is 0.462. The summed E-state index contributed by atoms with van der Waals surface area (Å²) in [6.45, 7) is 5.16. The van der Waals surface area contributed by atoms with E-state index in [4.69, 9.17) is 16.3 Å². The van der Waals surface area contributed by atoms with E-state index in [1.165, 1.54) is 12.1 Å². The second-order valence-electron chi connectivity index (χ2n) is 7.24. The predicted molar refractivity (Wildman–Crippen MR) is 112 cm³/mol. The topological polar surface area (TPSA) is 58.1 Å². The Labute approximate surface area is 176 Å². The second kappa shape index (κ2) is 12.1. The number of piperidine rings is 1. The number of nitrogens with zero attached hydrogens (tertiary/aromatic N) is 2. The Balaban J connectivity index is 1.80. The molecule has 0 aromatic heterocycles. The first kappa shape index (κ1) is 23.6. The van der Waals surface area contributed by atoms with Gasteiger partial charge in [-0.2, -0.15) is 8.78 Å². The van der Waals surface area contributed by atoms with Gasteiger partial charge in [0.2, 0.25) is 0 Å². The van der Waals surface area contributed by atoms with E-state index in [1.807, 2.05) is 13.8 Å². The summed E-state index contributed by atoms with van der Waals surface area (Å²) in [5.41, 5.74) is 0.542. The molecule has 0 unspecified atom stereocenters. The molecule has 1 aliphatic heterocycles. The van der Waals surface area contributed by atoms with E-state index in [1.54, 1.807) is 13.1 Å². The maximum absolute atomic E-state index is 12.6. The highest BCUT2D eigenvalue weighted by Crippen LogP contribution is 2.24. The number of hydrogen-bond acceptors (Lipinski definition) is 4. The molecule has 29 heavy (non-hydrogen) atoms. The Morgan fingerprint density at radius 3 is 2.66 bits per heavy atom.